The second-order valence-electron chi connectivity index (χ2n) is 9.78. The quantitative estimate of drug-likeness (QED) is 0.772. The SMILES string of the molecule is CC(C)NC(=O)[C@@H](NC(=O)c1nc(-c2ccccc2)n2c1CN(C)CCC2)C(C)(C)C. The van der Waals surface area contributed by atoms with Gasteiger partial charge in [0.2, 0.25) is 5.91 Å². The van der Waals surface area contributed by atoms with E-state index in [4.69, 9.17) is 4.98 Å². The highest BCUT2D eigenvalue weighted by Gasteiger charge is 2.35. The third-order valence-electron chi connectivity index (χ3n) is 5.50. The minimum atomic E-state index is -0.663. The van der Waals surface area contributed by atoms with E-state index in [0.717, 1.165) is 36.6 Å². The van der Waals surface area contributed by atoms with Crippen molar-refractivity contribution in [2.24, 2.45) is 5.41 Å². The molecule has 1 atom stereocenters. The summed E-state index contributed by atoms with van der Waals surface area (Å²) in [4.78, 5) is 33.3. The Morgan fingerprint density at radius 1 is 1.06 bits per heavy atom. The number of amides is 2. The number of nitrogens with one attached hydrogen (secondary N) is 2. The Morgan fingerprint density at radius 2 is 1.74 bits per heavy atom. The van der Waals surface area contributed by atoms with Crippen LogP contribution in [0.3, 0.4) is 0 Å². The van der Waals surface area contributed by atoms with Gasteiger partial charge < -0.3 is 20.1 Å². The van der Waals surface area contributed by atoms with Crippen LogP contribution in [0.4, 0.5) is 0 Å². The maximum atomic E-state index is 13.4. The summed E-state index contributed by atoms with van der Waals surface area (Å²) in [5.41, 5.74) is 1.84. The van der Waals surface area contributed by atoms with Crippen molar-refractivity contribution in [1.82, 2.24) is 25.1 Å². The zero-order chi connectivity index (χ0) is 22.8. The van der Waals surface area contributed by atoms with Crippen LogP contribution in [0.15, 0.2) is 30.3 Å². The van der Waals surface area contributed by atoms with E-state index in [2.05, 4.69) is 27.1 Å². The number of benzene rings is 1. The number of fused-ring (bicyclic) bond motifs is 1. The lowest BCUT2D eigenvalue weighted by atomic mass is 9.86. The van der Waals surface area contributed by atoms with E-state index in [1.807, 2.05) is 65.0 Å². The van der Waals surface area contributed by atoms with Crippen molar-refractivity contribution >= 4 is 11.8 Å². The first-order chi connectivity index (χ1) is 14.6. The fourth-order valence-electron chi connectivity index (χ4n) is 3.95. The number of carbonyl (C=O) groups excluding carboxylic acids is 2. The molecular weight excluding hydrogens is 390 g/mol. The summed E-state index contributed by atoms with van der Waals surface area (Å²) in [5, 5.41) is 5.91. The van der Waals surface area contributed by atoms with Gasteiger partial charge in [-0.3, -0.25) is 9.59 Å². The Morgan fingerprint density at radius 3 is 2.35 bits per heavy atom. The first-order valence-corrected chi connectivity index (χ1v) is 11.0. The van der Waals surface area contributed by atoms with Crippen LogP contribution in [0, 0.1) is 5.41 Å². The number of carbonyl (C=O) groups is 2. The molecule has 0 fully saturated rings. The van der Waals surface area contributed by atoms with Crippen molar-refractivity contribution in [3.8, 4) is 11.4 Å². The molecule has 0 spiro atoms. The predicted molar refractivity (Wildman–Crippen MR) is 123 cm³/mol. The molecule has 2 amide bonds. The summed E-state index contributed by atoms with van der Waals surface area (Å²) in [6, 6.07) is 9.29. The van der Waals surface area contributed by atoms with E-state index < -0.39 is 11.5 Å². The first kappa shape index (κ1) is 23.0. The van der Waals surface area contributed by atoms with Crippen LogP contribution in [0.2, 0.25) is 0 Å². The fourth-order valence-corrected chi connectivity index (χ4v) is 3.95. The summed E-state index contributed by atoms with van der Waals surface area (Å²) in [6.07, 6.45) is 0.988. The van der Waals surface area contributed by atoms with E-state index in [1.165, 1.54) is 0 Å². The maximum absolute atomic E-state index is 13.4. The van der Waals surface area contributed by atoms with E-state index >= 15 is 0 Å². The van der Waals surface area contributed by atoms with Crippen molar-refractivity contribution < 1.29 is 9.59 Å². The Labute approximate surface area is 185 Å². The van der Waals surface area contributed by atoms with Gasteiger partial charge >= 0.3 is 0 Å². The second-order valence-corrected chi connectivity index (χ2v) is 9.78. The molecule has 0 unspecified atom stereocenters. The zero-order valence-electron chi connectivity index (χ0n) is 19.5. The number of hydrogen-bond acceptors (Lipinski definition) is 4. The van der Waals surface area contributed by atoms with Gasteiger partial charge in [0.15, 0.2) is 5.69 Å². The van der Waals surface area contributed by atoms with Gasteiger partial charge in [0.25, 0.3) is 5.91 Å². The molecule has 1 aliphatic heterocycles. The van der Waals surface area contributed by atoms with Crippen LogP contribution in [-0.4, -0.2) is 51.9 Å². The van der Waals surface area contributed by atoms with Crippen LogP contribution in [0.25, 0.3) is 11.4 Å². The van der Waals surface area contributed by atoms with Gasteiger partial charge in [-0.25, -0.2) is 4.98 Å². The van der Waals surface area contributed by atoms with Crippen molar-refractivity contribution in [3.63, 3.8) is 0 Å². The first-order valence-electron chi connectivity index (χ1n) is 11.0. The average molecular weight is 426 g/mol. The van der Waals surface area contributed by atoms with Gasteiger partial charge in [-0.05, 0) is 39.3 Å². The molecule has 168 valence electrons. The van der Waals surface area contributed by atoms with Gasteiger partial charge in [0, 0.05) is 24.7 Å². The lowest BCUT2D eigenvalue weighted by Gasteiger charge is -2.31. The largest absolute Gasteiger partial charge is 0.352 e. The lowest BCUT2D eigenvalue weighted by Crippen LogP contribution is -2.54. The molecule has 0 saturated carbocycles. The van der Waals surface area contributed by atoms with Gasteiger partial charge in [-0.1, -0.05) is 51.1 Å². The zero-order valence-corrected chi connectivity index (χ0v) is 19.5. The topological polar surface area (TPSA) is 79.3 Å². The van der Waals surface area contributed by atoms with Crippen LogP contribution in [0.1, 0.15) is 57.2 Å². The Kier molecular flexibility index (Phi) is 6.84. The fraction of sp³-hybridized carbons (Fsp3) is 0.542. The molecule has 31 heavy (non-hydrogen) atoms. The van der Waals surface area contributed by atoms with Crippen LogP contribution >= 0.6 is 0 Å². The van der Waals surface area contributed by atoms with E-state index in [1.54, 1.807) is 0 Å². The molecule has 3 rings (SSSR count). The van der Waals surface area contributed by atoms with E-state index in [0.29, 0.717) is 12.2 Å². The molecule has 0 radical (unpaired) electrons. The third kappa shape index (κ3) is 5.34. The molecule has 0 aliphatic carbocycles. The molecule has 2 heterocycles. The normalized spacial score (nSPS) is 15.8. The molecule has 2 N–H and O–H groups in total. The number of imidazole rings is 1. The molecule has 7 heteroatoms. The lowest BCUT2D eigenvalue weighted by molar-refractivity contribution is -0.125. The summed E-state index contributed by atoms with van der Waals surface area (Å²) in [5.74, 6) is 0.316. The molecule has 1 aliphatic rings. The van der Waals surface area contributed by atoms with E-state index in [9.17, 15) is 9.59 Å². The Hall–Kier alpha value is -2.67. The molecule has 2 aromatic rings. The third-order valence-corrected chi connectivity index (χ3v) is 5.50. The summed E-state index contributed by atoms with van der Waals surface area (Å²) in [7, 11) is 2.06. The summed E-state index contributed by atoms with van der Waals surface area (Å²) in [6.45, 7) is 12.1. The number of nitrogens with zero attached hydrogens (tertiary/aromatic N) is 3. The minimum Gasteiger partial charge on any atom is -0.352 e. The molecule has 0 saturated heterocycles. The second kappa shape index (κ2) is 9.22. The molecule has 7 nitrogen and oxygen atoms in total. The van der Waals surface area contributed by atoms with Crippen molar-refractivity contribution in [2.75, 3.05) is 13.6 Å². The smallest absolute Gasteiger partial charge is 0.272 e. The maximum Gasteiger partial charge on any atom is 0.272 e. The standard InChI is InChI=1S/C24H35N5O2/c1-16(2)25-23(31)20(24(3,4)5)27-22(30)19-18-15-28(6)13-10-14-29(18)21(26-19)17-11-8-7-9-12-17/h7-9,11-12,16,20H,10,13-15H2,1-6H3,(H,25,31)(H,27,30)/t20-/m1/s1. The number of rotatable bonds is 5. The van der Waals surface area contributed by atoms with Crippen molar-refractivity contribution in [2.45, 2.75) is 66.2 Å². The van der Waals surface area contributed by atoms with Gasteiger partial charge in [-0.2, -0.15) is 0 Å². The van der Waals surface area contributed by atoms with Crippen LogP contribution in [0.5, 0.6) is 0 Å². The van der Waals surface area contributed by atoms with Gasteiger partial charge in [-0.15, -0.1) is 0 Å². The van der Waals surface area contributed by atoms with Gasteiger partial charge in [0.1, 0.15) is 11.9 Å². The minimum absolute atomic E-state index is 0.00328. The highest BCUT2D eigenvalue weighted by atomic mass is 16.2. The molecule has 1 aromatic heterocycles. The molecule has 1 aromatic carbocycles. The highest BCUT2D eigenvalue weighted by molar-refractivity contribution is 5.98. The number of aromatic nitrogens is 2. The molecule has 0 bridgehead atoms. The Bertz CT molecular complexity index is 927. The molecular formula is C24H35N5O2. The summed E-state index contributed by atoms with van der Waals surface area (Å²) < 4.78 is 2.16. The van der Waals surface area contributed by atoms with Crippen LogP contribution < -0.4 is 10.6 Å². The van der Waals surface area contributed by atoms with Crippen molar-refractivity contribution in [1.29, 1.82) is 0 Å². The number of hydrogen-bond donors (Lipinski definition) is 2. The van der Waals surface area contributed by atoms with Crippen molar-refractivity contribution in [3.05, 3.63) is 41.7 Å². The average Bonchev–Trinajstić information content (AvgIpc) is 2.92. The monoisotopic (exact) mass is 425 g/mol. The predicted octanol–water partition coefficient (Wildman–Crippen LogP) is 3.05. The van der Waals surface area contributed by atoms with Crippen LogP contribution in [-0.2, 0) is 17.9 Å². The highest BCUT2D eigenvalue weighted by Crippen LogP contribution is 2.27. The van der Waals surface area contributed by atoms with Gasteiger partial charge in [0.05, 0.1) is 5.69 Å². The van der Waals surface area contributed by atoms with E-state index in [-0.39, 0.29) is 17.9 Å². The Balaban J connectivity index is 2.00. The summed E-state index contributed by atoms with van der Waals surface area (Å²) >= 11 is 0.